The third-order valence-corrected chi connectivity index (χ3v) is 5.50. The number of hydrogen-bond acceptors (Lipinski definition) is 9. The molecule has 0 amide bonds. The summed E-state index contributed by atoms with van der Waals surface area (Å²) in [5.74, 6) is 0.714. The summed E-state index contributed by atoms with van der Waals surface area (Å²) in [6.07, 6.45) is 3.17. The highest BCUT2D eigenvalue weighted by molar-refractivity contribution is 5.72. The minimum absolute atomic E-state index is 0.0474. The van der Waals surface area contributed by atoms with Crippen molar-refractivity contribution in [2.45, 2.75) is 72.0 Å². The van der Waals surface area contributed by atoms with Crippen LogP contribution in [0, 0.1) is 16.0 Å². The number of carbonyl (C=O) groups is 2. The zero-order valence-corrected chi connectivity index (χ0v) is 23.2. The molecule has 0 radical (unpaired) electrons. The predicted octanol–water partition coefficient (Wildman–Crippen LogP) is 6.63. The van der Waals surface area contributed by atoms with Crippen molar-refractivity contribution in [3.63, 3.8) is 0 Å². The lowest BCUT2D eigenvalue weighted by atomic mass is 10.0. The van der Waals surface area contributed by atoms with E-state index in [9.17, 15) is 19.7 Å². The van der Waals surface area contributed by atoms with Gasteiger partial charge in [-0.1, -0.05) is 31.9 Å². The number of carbonyl (C=O) groups excluding carboxylic acids is 2. The molecule has 0 aromatic heterocycles. The molecule has 0 aliphatic carbocycles. The SMILES string of the molecule is CC(CCCCCC(=O)Oc1ccc(COC(=O)Oc2ccc([N+](=O)[O-])cc2)cc1)COCCOC(C)(C)C. The van der Waals surface area contributed by atoms with Gasteiger partial charge in [-0.05, 0) is 69.4 Å². The fraction of sp³-hybridized carbons (Fsp3) is 0.517. The van der Waals surface area contributed by atoms with Gasteiger partial charge in [0.15, 0.2) is 0 Å². The number of unbranched alkanes of at least 4 members (excludes halogenated alkanes) is 2. The summed E-state index contributed by atoms with van der Waals surface area (Å²) < 4.78 is 26.7. The summed E-state index contributed by atoms with van der Waals surface area (Å²) in [5.41, 5.74) is 0.421. The van der Waals surface area contributed by atoms with E-state index in [1.807, 2.05) is 20.8 Å². The topological polar surface area (TPSA) is 123 Å². The Hall–Kier alpha value is -3.50. The standard InChI is InChI=1S/C29H39NO9/c1-22(20-35-18-19-37-29(2,3)4)8-6-5-7-9-27(31)38-25-14-10-23(11-15-25)21-36-28(32)39-26-16-12-24(13-17-26)30(33)34/h10-17,22H,5-9,18-21H2,1-4H3. The van der Waals surface area contributed by atoms with Crippen LogP contribution in [-0.2, 0) is 25.6 Å². The molecular weight excluding hydrogens is 506 g/mol. The van der Waals surface area contributed by atoms with Crippen LogP contribution in [0.4, 0.5) is 10.5 Å². The number of rotatable bonds is 16. The summed E-state index contributed by atoms with van der Waals surface area (Å²) in [6.45, 7) is 10.1. The van der Waals surface area contributed by atoms with Crippen LogP contribution in [-0.4, -0.2) is 42.5 Å². The van der Waals surface area contributed by atoms with Crippen molar-refractivity contribution in [1.29, 1.82) is 0 Å². The molecule has 214 valence electrons. The number of nitro benzene ring substituents is 1. The van der Waals surface area contributed by atoms with Gasteiger partial charge >= 0.3 is 12.1 Å². The molecule has 0 aliphatic heterocycles. The van der Waals surface area contributed by atoms with Crippen LogP contribution < -0.4 is 9.47 Å². The lowest BCUT2D eigenvalue weighted by Gasteiger charge is -2.19. The highest BCUT2D eigenvalue weighted by atomic mass is 16.7. The normalized spacial score (nSPS) is 12.0. The second-order valence-electron chi connectivity index (χ2n) is 10.3. The first-order chi connectivity index (χ1) is 18.5. The molecule has 0 saturated carbocycles. The molecule has 10 heteroatoms. The van der Waals surface area contributed by atoms with Crippen LogP contribution in [0.2, 0.25) is 0 Å². The van der Waals surface area contributed by atoms with Gasteiger partial charge < -0.3 is 23.7 Å². The van der Waals surface area contributed by atoms with E-state index >= 15 is 0 Å². The average molecular weight is 546 g/mol. The molecule has 39 heavy (non-hydrogen) atoms. The van der Waals surface area contributed by atoms with Crippen molar-refractivity contribution in [3.8, 4) is 11.5 Å². The third-order valence-electron chi connectivity index (χ3n) is 5.50. The lowest BCUT2D eigenvalue weighted by Crippen LogP contribution is -2.22. The molecule has 2 rings (SSSR count). The second-order valence-corrected chi connectivity index (χ2v) is 10.3. The zero-order valence-electron chi connectivity index (χ0n) is 23.2. The number of esters is 1. The number of ether oxygens (including phenoxy) is 5. The summed E-state index contributed by atoms with van der Waals surface area (Å²) >= 11 is 0. The minimum Gasteiger partial charge on any atom is -0.429 e. The molecule has 0 heterocycles. The van der Waals surface area contributed by atoms with Gasteiger partial charge in [0, 0.05) is 25.2 Å². The summed E-state index contributed by atoms with van der Waals surface area (Å²) in [4.78, 5) is 34.1. The summed E-state index contributed by atoms with van der Waals surface area (Å²) in [6, 6.07) is 11.7. The quantitative estimate of drug-likeness (QED) is 0.0570. The Morgan fingerprint density at radius 1 is 0.897 bits per heavy atom. The highest BCUT2D eigenvalue weighted by Crippen LogP contribution is 2.19. The first kappa shape index (κ1) is 31.7. The van der Waals surface area contributed by atoms with Crippen LogP contribution in [0.5, 0.6) is 11.5 Å². The van der Waals surface area contributed by atoms with Gasteiger partial charge in [0.1, 0.15) is 18.1 Å². The zero-order chi connectivity index (χ0) is 28.7. The number of non-ortho nitro benzene ring substituents is 1. The number of hydrogen-bond donors (Lipinski definition) is 0. The smallest absolute Gasteiger partial charge is 0.429 e. The molecule has 0 spiro atoms. The van der Waals surface area contributed by atoms with E-state index in [0.29, 0.717) is 43.5 Å². The number of nitro groups is 1. The maximum Gasteiger partial charge on any atom is 0.514 e. The van der Waals surface area contributed by atoms with Crippen LogP contribution in [0.3, 0.4) is 0 Å². The van der Waals surface area contributed by atoms with E-state index in [2.05, 4.69) is 6.92 Å². The monoisotopic (exact) mass is 545 g/mol. The molecule has 2 aromatic rings. The van der Waals surface area contributed by atoms with Crippen LogP contribution >= 0.6 is 0 Å². The van der Waals surface area contributed by atoms with E-state index < -0.39 is 11.1 Å². The lowest BCUT2D eigenvalue weighted by molar-refractivity contribution is -0.384. The Morgan fingerprint density at radius 3 is 2.18 bits per heavy atom. The van der Waals surface area contributed by atoms with E-state index in [4.69, 9.17) is 23.7 Å². The molecule has 2 aromatic carbocycles. The van der Waals surface area contributed by atoms with Gasteiger partial charge in [0.2, 0.25) is 0 Å². The van der Waals surface area contributed by atoms with Gasteiger partial charge in [0.25, 0.3) is 5.69 Å². The molecule has 0 aliphatic rings. The first-order valence-corrected chi connectivity index (χ1v) is 13.1. The van der Waals surface area contributed by atoms with Gasteiger partial charge in [-0.3, -0.25) is 14.9 Å². The van der Waals surface area contributed by atoms with Crippen molar-refractivity contribution >= 4 is 17.8 Å². The number of nitrogens with zero attached hydrogens (tertiary/aromatic N) is 1. The Morgan fingerprint density at radius 2 is 1.54 bits per heavy atom. The minimum atomic E-state index is -0.938. The van der Waals surface area contributed by atoms with Gasteiger partial charge in [-0.2, -0.15) is 0 Å². The summed E-state index contributed by atoms with van der Waals surface area (Å²) in [7, 11) is 0. The molecule has 0 bridgehead atoms. The van der Waals surface area contributed by atoms with Gasteiger partial charge in [-0.25, -0.2) is 4.79 Å². The fourth-order valence-electron chi connectivity index (χ4n) is 3.45. The first-order valence-electron chi connectivity index (χ1n) is 13.1. The van der Waals surface area contributed by atoms with Crippen molar-refractivity contribution in [2.75, 3.05) is 19.8 Å². The maximum atomic E-state index is 12.1. The Labute approximate surface area is 229 Å². The van der Waals surface area contributed by atoms with Crippen LogP contribution in [0.1, 0.15) is 65.4 Å². The molecule has 0 N–H and O–H groups in total. The Balaban J connectivity index is 1.56. The Kier molecular flexibility index (Phi) is 13.4. The van der Waals surface area contributed by atoms with Crippen molar-refractivity contribution < 1.29 is 38.2 Å². The van der Waals surface area contributed by atoms with E-state index in [-0.39, 0.29) is 29.6 Å². The van der Waals surface area contributed by atoms with Crippen molar-refractivity contribution in [1.82, 2.24) is 0 Å². The average Bonchev–Trinajstić information content (AvgIpc) is 2.87. The van der Waals surface area contributed by atoms with Gasteiger partial charge in [0.05, 0.1) is 23.7 Å². The van der Waals surface area contributed by atoms with Crippen LogP contribution in [0.25, 0.3) is 0 Å². The van der Waals surface area contributed by atoms with Crippen molar-refractivity contribution in [2.24, 2.45) is 5.92 Å². The van der Waals surface area contributed by atoms with E-state index in [1.54, 1.807) is 24.3 Å². The molecular formula is C29H39NO9. The van der Waals surface area contributed by atoms with Crippen molar-refractivity contribution in [3.05, 3.63) is 64.2 Å². The van der Waals surface area contributed by atoms with Gasteiger partial charge in [-0.15, -0.1) is 0 Å². The molecule has 10 nitrogen and oxygen atoms in total. The van der Waals surface area contributed by atoms with E-state index in [1.165, 1.54) is 24.3 Å². The molecule has 1 atom stereocenters. The molecule has 1 unspecified atom stereocenters. The maximum absolute atomic E-state index is 12.1. The fourth-order valence-corrected chi connectivity index (χ4v) is 3.45. The van der Waals surface area contributed by atoms with E-state index in [0.717, 1.165) is 25.7 Å². The third kappa shape index (κ3) is 14.3. The molecule has 0 fully saturated rings. The number of benzene rings is 2. The Bertz CT molecular complexity index is 1030. The second kappa shape index (κ2) is 16.5. The predicted molar refractivity (Wildman–Crippen MR) is 145 cm³/mol. The highest BCUT2D eigenvalue weighted by Gasteiger charge is 2.11. The molecule has 0 saturated heterocycles. The summed E-state index contributed by atoms with van der Waals surface area (Å²) in [5, 5.41) is 10.7. The van der Waals surface area contributed by atoms with Crippen LogP contribution in [0.15, 0.2) is 48.5 Å². The largest absolute Gasteiger partial charge is 0.514 e.